The van der Waals surface area contributed by atoms with Crippen LogP contribution in [0.25, 0.3) is 5.69 Å². The van der Waals surface area contributed by atoms with Gasteiger partial charge in [-0.2, -0.15) is 11.8 Å². The molecule has 1 N–H and O–H groups in total. The van der Waals surface area contributed by atoms with Gasteiger partial charge in [0.15, 0.2) is 0 Å². The molecule has 1 aromatic carbocycles. The molecule has 112 valence electrons. The van der Waals surface area contributed by atoms with E-state index in [9.17, 15) is 5.11 Å². The minimum absolute atomic E-state index is 0.521. The van der Waals surface area contributed by atoms with E-state index in [-0.39, 0.29) is 0 Å². The summed E-state index contributed by atoms with van der Waals surface area (Å²) in [6.07, 6.45) is 7.74. The monoisotopic (exact) mass is 303 g/mol. The van der Waals surface area contributed by atoms with Crippen molar-refractivity contribution in [2.75, 3.05) is 5.75 Å². The molecule has 3 rings (SSSR count). The predicted octanol–water partition coefficient (Wildman–Crippen LogP) is 3.37. The lowest BCUT2D eigenvalue weighted by Gasteiger charge is -2.22. The molecule has 0 saturated heterocycles. The molecule has 2 aromatic rings. The van der Waals surface area contributed by atoms with Gasteiger partial charge in [0.05, 0.1) is 17.6 Å². The highest BCUT2D eigenvalue weighted by molar-refractivity contribution is 7.99. The quantitative estimate of drug-likeness (QED) is 0.920. The molecule has 0 spiro atoms. The number of aliphatic hydroxyl groups excluding tert-OH is 1. The molecule has 1 atom stereocenters. The number of rotatable bonds is 5. The number of para-hydroxylation sites is 1. The molecule has 21 heavy (non-hydrogen) atoms. The lowest BCUT2D eigenvalue weighted by atomic mass is 10.0. The molecule has 0 aliphatic heterocycles. The van der Waals surface area contributed by atoms with Gasteiger partial charge in [0.25, 0.3) is 0 Å². The SMILES string of the molecule is OC(CSC1CCCCC1)c1cnnn1-c1ccccc1. The van der Waals surface area contributed by atoms with Gasteiger partial charge in [-0.1, -0.05) is 42.7 Å². The van der Waals surface area contributed by atoms with Crippen LogP contribution in [0.15, 0.2) is 36.5 Å². The minimum atomic E-state index is -0.521. The molecule has 1 saturated carbocycles. The molecule has 1 aliphatic carbocycles. The maximum absolute atomic E-state index is 10.5. The molecular formula is C16H21N3OS. The Bertz CT molecular complexity index is 552. The Balaban J connectivity index is 1.65. The first-order chi connectivity index (χ1) is 10.3. The van der Waals surface area contributed by atoms with Crippen LogP contribution in [0.1, 0.15) is 43.9 Å². The molecule has 1 fully saturated rings. The van der Waals surface area contributed by atoms with Crippen LogP contribution in [0.3, 0.4) is 0 Å². The van der Waals surface area contributed by atoms with Gasteiger partial charge in [0.2, 0.25) is 0 Å². The first-order valence-corrected chi connectivity index (χ1v) is 8.65. The van der Waals surface area contributed by atoms with Crippen molar-refractivity contribution in [2.45, 2.75) is 43.5 Å². The van der Waals surface area contributed by atoms with Crippen molar-refractivity contribution in [1.29, 1.82) is 0 Å². The number of aliphatic hydroxyl groups is 1. The zero-order valence-electron chi connectivity index (χ0n) is 12.1. The van der Waals surface area contributed by atoms with Gasteiger partial charge in [-0.15, -0.1) is 5.10 Å². The third-order valence-corrected chi connectivity index (χ3v) is 5.41. The third kappa shape index (κ3) is 3.66. The lowest BCUT2D eigenvalue weighted by Crippen LogP contribution is -2.13. The molecular weight excluding hydrogens is 282 g/mol. The molecule has 1 aliphatic rings. The number of benzene rings is 1. The number of thioether (sulfide) groups is 1. The Kier molecular flexibility index (Phi) is 4.93. The van der Waals surface area contributed by atoms with Crippen molar-refractivity contribution in [3.05, 3.63) is 42.2 Å². The van der Waals surface area contributed by atoms with Crippen LogP contribution < -0.4 is 0 Å². The van der Waals surface area contributed by atoms with Gasteiger partial charge in [0, 0.05) is 11.0 Å². The zero-order valence-corrected chi connectivity index (χ0v) is 12.9. The lowest BCUT2D eigenvalue weighted by molar-refractivity contribution is 0.195. The van der Waals surface area contributed by atoms with Gasteiger partial charge in [-0.3, -0.25) is 0 Å². The Hall–Kier alpha value is -1.33. The summed E-state index contributed by atoms with van der Waals surface area (Å²) in [6, 6.07) is 9.84. The second kappa shape index (κ2) is 7.09. The first-order valence-electron chi connectivity index (χ1n) is 7.60. The van der Waals surface area contributed by atoms with Crippen LogP contribution >= 0.6 is 11.8 Å². The Labute approximate surface area is 129 Å². The van der Waals surface area contributed by atoms with Crippen LogP contribution in [0.4, 0.5) is 0 Å². The van der Waals surface area contributed by atoms with Gasteiger partial charge in [-0.05, 0) is 25.0 Å². The van der Waals surface area contributed by atoms with Crippen LogP contribution in [-0.4, -0.2) is 31.1 Å². The molecule has 1 unspecified atom stereocenters. The van der Waals surface area contributed by atoms with Crippen LogP contribution in [0.2, 0.25) is 0 Å². The highest BCUT2D eigenvalue weighted by Gasteiger charge is 2.19. The van der Waals surface area contributed by atoms with E-state index in [0.29, 0.717) is 11.0 Å². The molecule has 0 radical (unpaired) electrons. The average molecular weight is 303 g/mol. The van der Waals surface area contributed by atoms with Crippen LogP contribution in [-0.2, 0) is 0 Å². The Morgan fingerprint density at radius 3 is 2.71 bits per heavy atom. The summed E-state index contributed by atoms with van der Waals surface area (Å²) in [6.45, 7) is 0. The normalized spacial score (nSPS) is 17.8. The topological polar surface area (TPSA) is 50.9 Å². The molecule has 0 bridgehead atoms. The highest BCUT2D eigenvalue weighted by Crippen LogP contribution is 2.31. The maximum Gasteiger partial charge on any atom is 0.107 e. The number of hydrogen-bond donors (Lipinski definition) is 1. The summed E-state index contributed by atoms with van der Waals surface area (Å²) in [7, 11) is 0. The number of hydrogen-bond acceptors (Lipinski definition) is 4. The largest absolute Gasteiger partial charge is 0.386 e. The molecule has 1 aromatic heterocycles. The Morgan fingerprint density at radius 1 is 1.19 bits per heavy atom. The van der Waals surface area contributed by atoms with E-state index < -0.39 is 6.10 Å². The van der Waals surface area contributed by atoms with E-state index in [0.717, 1.165) is 11.4 Å². The molecule has 5 heteroatoms. The van der Waals surface area contributed by atoms with Gasteiger partial charge < -0.3 is 5.11 Å². The number of aromatic nitrogens is 3. The summed E-state index contributed by atoms with van der Waals surface area (Å²) in [5.41, 5.74) is 1.70. The van der Waals surface area contributed by atoms with E-state index in [1.807, 2.05) is 42.1 Å². The van der Waals surface area contributed by atoms with Crippen molar-refractivity contribution in [3.8, 4) is 5.69 Å². The maximum atomic E-state index is 10.5. The smallest absolute Gasteiger partial charge is 0.107 e. The van der Waals surface area contributed by atoms with Crippen molar-refractivity contribution >= 4 is 11.8 Å². The van der Waals surface area contributed by atoms with E-state index in [1.54, 1.807) is 10.9 Å². The average Bonchev–Trinajstić information content (AvgIpc) is 3.04. The first kappa shape index (κ1) is 14.6. The summed E-state index contributed by atoms with van der Waals surface area (Å²) in [5, 5.41) is 19.2. The van der Waals surface area contributed by atoms with E-state index in [4.69, 9.17) is 0 Å². The Morgan fingerprint density at radius 2 is 1.95 bits per heavy atom. The fraction of sp³-hybridized carbons (Fsp3) is 0.500. The third-order valence-electron chi connectivity index (χ3n) is 3.96. The second-order valence-electron chi connectivity index (χ2n) is 5.52. The standard InChI is InChI=1S/C16H21N3OS/c20-16(12-21-14-9-5-2-6-10-14)15-11-17-18-19(15)13-7-3-1-4-8-13/h1,3-4,7-8,11,14,16,20H,2,5-6,9-10,12H2. The second-order valence-corrected chi connectivity index (χ2v) is 6.85. The molecule has 0 amide bonds. The van der Waals surface area contributed by atoms with Crippen LogP contribution in [0, 0.1) is 0 Å². The van der Waals surface area contributed by atoms with Crippen molar-refractivity contribution in [1.82, 2.24) is 15.0 Å². The molecule has 1 heterocycles. The van der Waals surface area contributed by atoms with Crippen molar-refractivity contribution in [2.24, 2.45) is 0 Å². The van der Waals surface area contributed by atoms with Gasteiger partial charge in [-0.25, -0.2) is 4.68 Å². The fourth-order valence-corrected chi connectivity index (χ4v) is 4.08. The fourth-order valence-electron chi connectivity index (χ4n) is 2.78. The number of nitrogens with zero attached hydrogens (tertiary/aromatic N) is 3. The van der Waals surface area contributed by atoms with E-state index >= 15 is 0 Å². The van der Waals surface area contributed by atoms with Crippen LogP contribution in [0.5, 0.6) is 0 Å². The van der Waals surface area contributed by atoms with Gasteiger partial charge >= 0.3 is 0 Å². The zero-order chi connectivity index (χ0) is 14.5. The van der Waals surface area contributed by atoms with E-state index in [1.165, 1.54) is 32.1 Å². The molecule has 4 nitrogen and oxygen atoms in total. The summed E-state index contributed by atoms with van der Waals surface area (Å²) in [5.74, 6) is 0.713. The summed E-state index contributed by atoms with van der Waals surface area (Å²) in [4.78, 5) is 0. The summed E-state index contributed by atoms with van der Waals surface area (Å²) < 4.78 is 1.73. The summed E-state index contributed by atoms with van der Waals surface area (Å²) >= 11 is 1.89. The predicted molar refractivity (Wildman–Crippen MR) is 85.6 cm³/mol. The minimum Gasteiger partial charge on any atom is -0.386 e. The van der Waals surface area contributed by atoms with E-state index in [2.05, 4.69) is 10.3 Å². The van der Waals surface area contributed by atoms with Crippen molar-refractivity contribution in [3.63, 3.8) is 0 Å². The highest BCUT2D eigenvalue weighted by atomic mass is 32.2. The van der Waals surface area contributed by atoms with Gasteiger partial charge in [0.1, 0.15) is 6.10 Å². The van der Waals surface area contributed by atoms with Crippen molar-refractivity contribution < 1.29 is 5.11 Å².